The number of hydrogen-bond acceptors (Lipinski definition) is 3. The van der Waals surface area contributed by atoms with Crippen LogP contribution in [0.4, 0.5) is 5.69 Å². The van der Waals surface area contributed by atoms with Crippen molar-refractivity contribution in [2.45, 2.75) is 13.0 Å². The van der Waals surface area contributed by atoms with Crippen molar-refractivity contribution < 1.29 is 9.59 Å². The zero-order valence-electron chi connectivity index (χ0n) is 10.4. The van der Waals surface area contributed by atoms with E-state index in [0.717, 1.165) is 0 Å². The van der Waals surface area contributed by atoms with Gasteiger partial charge in [0.15, 0.2) is 0 Å². The highest BCUT2D eigenvalue weighted by atomic mass is 32.1. The third-order valence-electron chi connectivity index (χ3n) is 2.53. The Morgan fingerprint density at radius 2 is 1.84 bits per heavy atom. The van der Waals surface area contributed by atoms with Crippen LogP contribution >= 0.6 is 11.3 Å². The van der Waals surface area contributed by atoms with Gasteiger partial charge in [-0.05, 0) is 30.5 Å². The van der Waals surface area contributed by atoms with Crippen LogP contribution in [-0.4, -0.2) is 17.9 Å². The number of carbonyl (C=O) groups is 2. The van der Waals surface area contributed by atoms with Gasteiger partial charge in [-0.1, -0.05) is 24.3 Å². The van der Waals surface area contributed by atoms with Crippen LogP contribution in [0.15, 0.2) is 47.8 Å². The fraction of sp³-hybridized carbons (Fsp3) is 0.143. The van der Waals surface area contributed by atoms with Crippen LogP contribution in [0.25, 0.3) is 0 Å². The standard InChI is InChI=1S/C14H14N2O2S/c1-10(15-14(18)12-8-5-9-19-12)13(17)16-11-6-3-2-4-7-11/h2-10H,1H3,(H,15,18)(H,16,17)/t10-/m0/s1. The molecule has 1 atom stereocenters. The predicted molar refractivity (Wildman–Crippen MR) is 76.3 cm³/mol. The van der Waals surface area contributed by atoms with Gasteiger partial charge in [0.05, 0.1) is 4.88 Å². The summed E-state index contributed by atoms with van der Waals surface area (Å²) in [5.74, 6) is -0.471. The fourth-order valence-corrected chi connectivity index (χ4v) is 2.14. The summed E-state index contributed by atoms with van der Waals surface area (Å²) in [6.45, 7) is 1.66. The number of nitrogens with one attached hydrogen (secondary N) is 2. The second-order valence-corrected chi connectivity index (χ2v) is 4.98. The summed E-state index contributed by atoms with van der Waals surface area (Å²) in [4.78, 5) is 24.3. The first-order chi connectivity index (χ1) is 9.16. The molecule has 2 amide bonds. The van der Waals surface area contributed by atoms with Gasteiger partial charge >= 0.3 is 0 Å². The second kappa shape index (κ2) is 6.15. The molecule has 2 aromatic rings. The van der Waals surface area contributed by atoms with Crippen LogP contribution in [0.2, 0.25) is 0 Å². The molecule has 5 heteroatoms. The number of para-hydroxylation sites is 1. The minimum Gasteiger partial charge on any atom is -0.340 e. The number of benzene rings is 1. The van der Waals surface area contributed by atoms with E-state index in [1.54, 1.807) is 31.2 Å². The first kappa shape index (κ1) is 13.3. The maximum Gasteiger partial charge on any atom is 0.261 e. The van der Waals surface area contributed by atoms with E-state index >= 15 is 0 Å². The molecule has 1 heterocycles. The minimum atomic E-state index is -0.588. The quantitative estimate of drug-likeness (QED) is 0.900. The normalized spacial score (nSPS) is 11.6. The molecule has 0 aliphatic carbocycles. The zero-order chi connectivity index (χ0) is 13.7. The van der Waals surface area contributed by atoms with Crippen molar-refractivity contribution >= 4 is 28.8 Å². The van der Waals surface area contributed by atoms with Gasteiger partial charge in [-0.2, -0.15) is 0 Å². The van der Waals surface area contributed by atoms with E-state index in [0.29, 0.717) is 10.6 Å². The molecule has 19 heavy (non-hydrogen) atoms. The molecular weight excluding hydrogens is 260 g/mol. The van der Waals surface area contributed by atoms with E-state index in [-0.39, 0.29) is 11.8 Å². The number of hydrogen-bond donors (Lipinski definition) is 2. The van der Waals surface area contributed by atoms with Gasteiger partial charge in [0, 0.05) is 5.69 Å². The van der Waals surface area contributed by atoms with Crippen molar-refractivity contribution in [1.82, 2.24) is 5.32 Å². The van der Waals surface area contributed by atoms with Crippen LogP contribution in [0, 0.1) is 0 Å². The monoisotopic (exact) mass is 274 g/mol. The van der Waals surface area contributed by atoms with Gasteiger partial charge < -0.3 is 10.6 Å². The van der Waals surface area contributed by atoms with Gasteiger partial charge in [-0.3, -0.25) is 9.59 Å². The van der Waals surface area contributed by atoms with E-state index in [4.69, 9.17) is 0 Å². The van der Waals surface area contributed by atoms with Crippen LogP contribution in [0.3, 0.4) is 0 Å². The highest BCUT2D eigenvalue weighted by molar-refractivity contribution is 7.12. The summed E-state index contributed by atoms with van der Waals surface area (Å²) in [7, 11) is 0. The number of rotatable bonds is 4. The Bertz CT molecular complexity index is 552. The Balaban J connectivity index is 1.91. The molecule has 0 bridgehead atoms. The molecule has 0 spiro atoms. The van der Waals surface area contributed by atoms with E-state index < -0.39 is 6.04 Å². The van der Waals surface area contributed by atoms with Crippen LogP contribution in [-0.2, 0) is 4.79 Å². The van der Waals surface area contributed by atoms with Gasteiger partial charge in [0.25, 0.3) is 5.91 Å². The first-order valence-corrected chi connectivity index (χ1v) is 6.75. The van der Waals surface area contributed by atoms with Crippen molar-refractivity contribution in [3.63, 3.8) is 0 Å². The Morgan fingerprint density at radius 1 is 1.11 bits per heavy atom. The molecule has 0 fully saturated rings. The molecule has 0 aliphatic rings. The Labute approximate surface area is 115 Å². The lowest BCUT2D eigenvalue weighted by Crippen LogP contribution is -2.41. The van der Waals surface area contributed by atoms with Crippen molar-refractivity contribution in [2.75, 3.05) is 5.32 Å². The van der Waals surface area contributed by atoms with Crippen molar-refractivity contribution in [2.24, 2.45) is 0 Å². The molecule has 4 nitrogen and oxygen atoms in total. The molecule has 1 aromatic heterocycles. The Hall–Kier alpha value is -2.14. The number of carbonyl (C=O) groups excluding carboxylic acids is 2. The topological polar surface area (TPSA) is 58.2 Å². The largest absolute Gasteiger partial charge is 0.340 e. The summed E-state index contributed by atoms with van der Waals surface area (Å²) < 4.78 is 0. The van der Waals surface area contributed by atoms with Gasteiger partial charge in [0.1, 0.15) is 6.04 Å². The molecule has 98 valence electrons. The molecule has 0 aliphatic heterocycles. The molecular formula is C14H14N2O2S. The Kier molecular flexibility index (Phi) is 4.30. The summed E-state index contributed by atoms with van der Waals surface area (Å²) in [6.07, 6.45) is 0. The third-order valence-corrected chi connectivity index (χ3v) is 3.40. The third kappa shape index (κ3) is 3.66. The fourth-order valence-electron chi connectivity index (χ4n) is 1.51. The molecule has 2 N–H and O–H groups in total. The van der Waals surface area contributed by atoms with Crippen molar-refractivity contribution in [3.8, 4) is 0 Å². The second-order valence-electron chi connectivity index (χ2n) is 4.03. The minimum absolute atomic E-state index is 0.231. The molecule has 0 unspecified atom stereocenters. The van der Waals surface area contributed by atoms with Crippen LogP contribution < -0.4 is 10.6 Å². The van der Waals surface area contributed by atoms with E-state index in [1.165, 1.54) is 11.3 Å². The maximum absolute atomic E-state index is 11.9. The first-order valence-electron chi connectivity index (χ1n) is 5.87. The molecule has 0 saturated heterocycles. The van der Waals surface area contributed by atoms with Gasteiger partial charge in [-0.15, -0.1) is 11.3 Å². The highest BCUT2D eigenvalue weighted by Gasteiger charge is 2.16. The highest BCUT2D eigenvalue weighted by Crippen LogP contribution is 2.09. The average molecular weight is 274 g/mol. The summed E-state index contributed by atoms with van der Waals surface area (Å²) in [5, 5.41) is 7.23. The number of thiophene rings is 1. The van der Waals surface area contributed by atoms with E-state index in [2.05, 4.69) is 10.6 Å². The average Bonchev–Trinajstić information content (AvgIpc) is 2.93. The van der Waals surface area contributed by atoms with Gasteiger partial charge in [-0.25, -0.2) is 0 Å². The van der Waals surface area contributed by atoms with Crippen molar-refractivity contribution in [1.29, 1.82) is 0 Å². The maximum atomic E-state index is 11.9. The molecule has 0 radical (unpaired) electrons. The number of anilines is 1. The van der Waals surface area contributed by atoms with Gasteiger partial charge in [0.2, 0.25) is 5.91 Å². The summed E-state index contributed by atoms with van der Waals surface area (Å²) in [6, 6.07) is 12.1. The zero-order valence-corrected chi connectivity index (χ0v) is 11.2. The smallest absolute Gasteiger partial charge is 0.261 e. The van der Waals surface area contributed by atoms with E-state index in [1.807, 2.05) is 23.6 Å². The predicted octanol–water partition coefficient (Wildman–Crippen LogP) is 2.51. The van der Waals surface area contributed by atoms with E-state index in [9.17, 15) is 9.59 Å². The molecule has 1 aromatic carbocycles. The number of amides is 2. The lowest BCUT2D eigenvalue weighted by molar-refractivity contribution is -0.117. The van der Waals surface area contributed by atoms with Crippen LogP contribution in [0.5, 0.6) is 0 Å². The van der Waals surface area contributed by atoms with Crippen LogP contribution in [0.1, 0.15) is 16.6 Å². The molecule has 0 saturated carbocycles. The Morgan fingerprint density at radius 3 is 2.47 bits per heavy atom. The molecule has 2 rings (SSSR count). The van der Waals surface area contributed by atoms with Crippen molar-refractivity contribution in [3.05, 3.63) is 52.7 Å². The lowest BCUT2D eigenvalue weighted by Gasteiger charge is -2.13. The SMILES string of the molecule is C[C@H](NC(=O)c1cccs1)C(=O)Nc1ccccc1. The summed E-state index contributed by atoms with van der Waals surface area (Å²) in [5.41, 5.74) is 0.713. The summed E-state index contributed by atoms with van der Waals surface area (Å²) >= 11 is 1.34. The lowest BCUT2D eigenvalue weighted by atomic mass is 10.2.